The maximum Gasteiger partial charge on any atom is 0.335 e. The van der Waals surface area contributed by atoms with Gasteiger partial charge in [0, 0.05) is 0 Å². The number of aliphatic hydroxyl groups is 2. The molecule has 60 valence electrons. The van der Waals surface area contributed by atoms with Gasteiger partial charge in [0.05, 0.1) is 5.60 Å². The summed E-state index contributed by atoms with van der Waals surface area (Å²) in [7, 11) is 0. The van der Waals surface area contributed by atoms with Crippen molar-refractivity contribution < 1.29 is 20.1 Å². The zero-order valence-electron chi connectivity index (χ0n) is 6.03. The van der Waals surface area contributed by atoms with E-state index in [1.807, 2.05) is 0 Å². The molecule has 0 unspecified atom stereocenters. The molecule has 10 heavy (non-hydrogen) atoms. The Morgan fingerprint density at radius 1 is 1.70 bits per heavy atom. The standard InChI is InChI=1S/C6H12O4/c1-3-6(2,10)4(7)5(8)9/h4,7,10H,3H2,1-2H3,(H,8,9)/t4-,6+/m1/s1. The fourth-order valence-corrected chi connectivity index (χ4v) is 0.459. The zero-order chi connectivity index (χ0) is 8.36. The van der Waals surface area contributed by atoms with Crippen molar-refractivity contribution in [1.82, 2.24) is 0 Å². The molecule has 4 heteroatoms. The van der Waals surface area contributed by atoms with Crippen LogP contribution in [0.1, 0.15) is 20.3 Å². The van der Waals surface area contributed by atoms with Crippen molar-refractivity contribution in [2.75, 3.05) is 0 Å². The predicted octanol–water partition coefficient (Wildman–Crippen LogP) is -0.407. The first-order valence-corrected chi connectivity index (χ1v) is 3.05. The number of carboxylic acids is 1. The normalized spacial score (nSPS) is 19.6. The molecule has 0 saturated carbocycles. The average Bonchev–Trinajstić information content (AvgIpc) is 1.86. The van der Waals surface area contributed by atoms with Gasteiger partial charge in [-0.3, -0.25) is 0 Å². The van der Waals surface area contributed by atoms with Crippen LogP contribution in [0.4, 0.5) is 0 Å². The lowest BCUT2D eigenvalue weighted by Crippen LogP contribution is -2.43. The molecule has 0 spiro atoms. The highest BCUT2D eigenvalue weighted by Gasteiger charge is 2.33. The third kappa shape index (κ3) is 1.97. The maximum atomic E-state index is 10.1. The summed E-state index contributed by atoms with van der Waals surface area (Å²) in [5.74, 6) is -1.40. The van der Waals surface area contributed by atoms with Crippen LogP contribution in [-0.2, 0) is 4.79 Å². The summed E-state index contributed by atoms with van der Waals surface area (Å²) in [6.07, 6.45) is -1.49. The number of carbonyl (C=O) groups is 1. The Morgan fingerprint density at radius 3 is 2.20 bits per heavy atom. The van der Waals surface area contributed by atoms with E-state index in [1.165, 1.54) is 6.92 Å². The number of aliphatic carboxylic acids is 1. The van der Waals surface area contributed by atoms with E-state index in [1.54, 1.807) is 6.92 Å². The minimum Gasteiger partial charge on any atom is -0.479 e. The molecule has 0 aliphatic rings. The molecule has 0 aliphatic heterocycles. The zero-order valence-corrected chi connectivity index (χ0v) is 6.03. The van der Waals surface area contributed by atoms with Crippen LogP contribution in [0.2, 0.25) is 0 Å². The van der Waals surface area contributed by atoms with Crippen LogP contribution in [-0.4, -0.2) is 33.0 Å². The lowest BCUT2D eigenvalue weighted by atomic mass is 9.96. The molecule has 0 fully saturated rings. The van der Waals surface area contributed by atoms with Crippen LogP contribution in [0.3, 0.4) is 0 Å². The number of hydrogen-bond acceptors (Lipinski definition) is 3. The molecule has 4 nitrogen and oxygen atoms in total. The topological polar surface area (TPSA) is 77.8 Å². The Hall–Kier alpha value is -0.610. The Balaban J connectivity index is 4.17. The SMILES string of the molecule is CC[C@](C)(O)[C@H](O)C(=O)O. The first-order chi connectivity index (χ1) is 4.41. The molecule has 0 aliphatic carbocycles. The van der Waals surface area contributed by atoms with E-state index in [2.05, 4.69) is 0 Å². The van der Waals surface area contributed by atoms with Gasteiger partial charge in [-0.2, -0.15) is 0 Å². The van der Waals surface area contributed by atoms with Gasteiger partial charge in [0.15, 0.2) is 6.10 Å². The van der Waals surface area contributed by atoms with Gasteiger partial charge in [0.25, 0.3) is 0 Å². The molecule has 0 aromatic rings. The molecule has 0 saturated heterocycles. The van der Waals surface area contributed by atoms with E-state index in [4.69, 9.17) is 15.3 Å². The average molecular weight is 148 g/mol. The monoisotopic (exact) mass is 148 g/mol. The van der Waals surface area contributed by atoms with E-state index < -0.39 is 17.7 Å². The van der Waals surface area contributed by atoms with Crippen LogP contribution in [0.25, 0.3) is 0 Å². The highest BCUT2D eigenvalue weighted by molar-refractivity contribution is 5.73. The van der Waals surface area contributed by atoms with Gasteiger partial charge >= 0.3 is 5.97 Å². The summed E-state index contributed by atoms with van der Waals surface area (Å²) >= 11 is 0. The predicted molar refractivity (Wildman–Crippen MR) is 34.6 cm³/mol. The third-order valence-electron chi connectivity index (χ3n) is 1.54. The van der Waals surface area contributed by atoms with Crippen molar-refractivity contribution in [2.45, 2.75) is 32.0 Å². The van der Waals surface area contributed by atoms with Crippen LogP contribution < -0.4 is 0 Å². The Bertz CT molecular complexity index is 130. The molecule has 0 aromatic carbocycles. The van der Waals surface area contributed by atoms with Crippen LogP contribution >= 0.6 is 0 Å². The smallest absolute Gasteiger partial charge is 0.335 e. The molecule has 0 amide bonds. The van der Waals surface area contributed by atoms with E-state index >= 15 is 0 Å². The van der Waals surface area contributed by atoms with Crippen molar-refractivity contribution >= 4 is 5.97 Å². The summed E-state index contributed by atoms with van der Waals surface area (Å²) in [5, 5.41) is 26.2. The molecule has 0 aromatic heterocycles. The first kappa shape index (κ1) is 9.39. The highest BCUT2D eigenvalue weighted by Crippen LogP contribution is 2.13. The summed E-state index contributed by atoms with van der Waals surface area (Å²) in [5.41, 5.74) is -1.52. The highest BCUT2D eigenvalue weighted by atomic mass is 16.4. The Kier molecular flexibility index (Phi) is 2.80. The van der Waals surface area contributed by atoms with Crippen LogP contribution in [0, 0.1) is 0 Å². The minimum absolute atomic E-state index is 0.209. The van der Waals surface area contributed by atoms with E-state index in [0.717, 1.165) is 0 Å². The fourth-order valence-electron chi connectivity index (χ4n) is 0.459. The lowest BCUT2D eigenvalue weighted by Gasteiger charge is -2.23. The number of aliphatic hydroxyl groups excluding tert-OH is 1. The van der Waals surface area contributed by atoms with Gasteiger partial charge in [-0.15, -0.1) is 0 Å². The summed E-state index contributed by atoms with van der Waals surface area (Å²) in [6, 6.07) is 0. The Morgan fingerprint density at radius 2 is 2.10 bits per heavy atom. The van der Waals surface area contributed by atoms with Gasteiger partial charge in [0.2, 0.25) is 0 Å². The van der Waals surface area contributed by atoms with Crippen LogP contribution in [0.5, 0.6) is 0 Å². The first-order valence-electron chi connectivity index (χ1n) is 3.05. The third-order valence-corrected chi connectivity index (χ3v) is 1.54. The van der Waals surface area contributed by atoms with E-state index in [-0.39, 0.29) is 6.42 Å². The number of rotatable bonds is 3. The number of hydrogen-bond donors (Lipinski definition) is 3. The van der Waals surface area contributed by atoms with Crippen molar-refractivity contribution in [2.24, 2.45) is 0 Å². The lowest BCUT2D eigenvalue weighted by molar-refractivity contribution is -0.161. The van der Waals surface area contributed by atoms with Gasteiger partial charge in [-0.05, 0) is 13.3 Å². The van der Waals surface area contributed by atoms with Crippen molar-refractivity contribution in [1.29, 1.82) is 0 Å². The van der Waals surface area contributed by atoms with Crippen molar-refractivity contribution in [3.63, 3.8) is 0 Å². The molecular formula is C6H12O4. The van der Waals surface area contributed by atoms with Gasteiger partial charge in [-0.25, -0.2) is 4.79 Å². The molecule has 0 radical (unpaired) electrons. The van der Waals surface area contributed by atoms with Crippen molar-refractivity contribution in [3.05, 3.63) is 0 Å². The second kappa shape index (κ2) is 2.98. The van der Waals surface area contributed by atoms with Gasteiger partial charge in [0.1, 0.15) is 0 Å². The van der Waals surface area contributed by atoms with Crippen LogP contribution in [0.15, 0.2) is 0 Å². The van der Waals surface area contributed by atoms with E-state index in [9.17, 15) is 4.79 Å². The summed E-state index contributed by atoms with van der Waals surface area (Å²) in [6.45, 7) is 2.89. The van der Waals surface area contributed by atoms with Gasteiger partial charge in [-0.1, -0.05) is 6.92 Å². The summed E-state index contributed by atoms with van der Waals surface area (Å²) in [4.78, 5) is 10.1. The molecule has 0 heterocycles. The summed E-state index contributed by atoms with van der Waals surface area (Å²) < 4.78 is 0. The van der Waals surface area contributed by atoms with E-state index in [0.29, 0.717) is 0 Å². The molecule has 0 rings (SSSR count). The quantitative estimate of drug-likeness (QED) is 0.508. The molecule has 0 bridgehead atoms. The largest absolute Gasteiger partial charge is 0.479 e. The minimum atomic E-state index is -1.70. The maximum absolute atomic E-state index is 10.1. The second-order valence-electron chi connectivity index (χ2n) is 2.45. The fraction of sp³-hybridized carbons (Fsp3) is 0.833. The van der Waals surface area contributed by atoms with Gasteiger partial charge < -0.3 is 15.3 Å². The van der Waals surface area contributed by atoms with Crippen molar-refractivity contribution in [3.8, 4) is 0 Å². The second-order valence-corrected chi connectivity index (χ2v) is 2.45. The Labute approximate surface area is 59.1 Å². The molecule has 2 atom stereocenters. The molecular weight excluding hydrogens is 136 g/mol. The molecule has 3 N–H and O–H groups in total. The number of carboxylic acid groups (broad SMARTS) is 1.